The van der Waals surface area contributed by atoms with Gasteiger partial charge >= 0.3 is 10.4 Å². The summed E-state index contributed by atoms with van der Waals surface area (Å²) in [4.78, 5) is 58.2. The summed E-state index contributed by atoms with van der Waals surface area (Å²) in [7, 11) is -4.67. The van der Waals surface area contributed by atoms with Gasteiger partial charge in [-0.25, -0.2) is 5.48 Å². The Morgan fingerprint density at radius 2 is 1.42 bits per heavy atom. The highest BCUT2D eigenvalue weighted by Crippen LogP contribution is 2.32. The Hall–Kier alpha value is -5.64. The van der Waals surface area contributed by atoms with E-state index in [1.165, 1.54) is 0 Å². The van der Waals surface area contributed by atoms with Crippen LogP contribution in [0.4, 0.5) is 5.69 Å². The van der Waals surface area contributed by atoms with Crippen LogP contribution in [0.2, 0.25) is 0 Å². The van der Waals surface area contributed by atoms with Gasteiger partial charge in [0.25, 0.3) is 0 Å². The predicted octanol–water partition coefficient (Wildman–Crippen LogP) is 4.69. The number of carbonyl (C=O) groups excluding carboxylic acids is 4. The number of carbonyl (C=O) groups is 4. The lowest BCUT2D eigenvalue weighted by Crippen LogP contribution is -2.61. The number of β-amino-alcohol motifs (C(OH)–C–C–N with tert-alkyl or cyclic N) is 1. The number of nitrogens with one attached hydrogen (secondary N) is 4. The minimum Gasteiger partial charge on any atom is -0.392 e. The van der Waals surface area contributed by atoms with E-state index in [0.717, 1.165) is 60.2 Å². The average molecular weight is 976 g/mol. The standard InChI is InChI=1S/C36H47N5O4.C14H20N2O3.H2O4S/c1-36(2,3)39-35(45)31-24-40(22-26-12-9-15-37-21-26)16-17-41(31)23-29(42)19-28(18-25-10-5-4-6-11-25)34(44)38-33-30-14-8-7-13-27(30)20-32(33)43;17-13(15-12-8-4-3-5-9-12)10-6-1-2-7-11-14(18)16-19;1-5(2,3)4/h4-15,21,28-29,31-33,42-43H,16-20,22-24H2,1-3H3,(H,38,44)(H,39,45);3-5,8-9,19H,1-2,6-7,10-11H2,(H,15,17)(H,16,18);(H2,1,2,3,4)/t28-,29+,31+,32-,33+;;/m1../s1. The van der Waals surface area contributed by atoms with Crippen LogP contribution in [0.3, 0.4) is 0 Å². The van der Waals surface area contributed by atoms with Crippen molar-refractivity contribution in [2.24, 2.45) is 5.92 Å². The van der Waals surface area contributed by atoms with E-state index >= 15 is 0 Å². The van der Waals surface area contributed by atoms with Gasteiger partial charge in [0.1, 0.15) is 6.04 Å². The van der Waals surface area contributed by atoms with E-state index in [1.54, 1.807) is 11.7 Å². The molecule has 18 nitrogen and oxygen atoms in total. The van der Waals surface area contributed by atoms with Gasteiger partial charge in [-0.15, -0.1) is 0 Å². The summed E-state index contributed by atoms with van der Waals surface area (Å²) in [5.41, 5.74) is 6.09. The fraction of sp³-hybridized carbons (Fsp3) is 0.460. The van der Waals surface area contributed by atoms with Crippen LogP contribution in [0.1, 0.15) is 94.0 Å². The molecule has 0 spiro atoms. The largest absolute Gasteiger partial charge is 0.394 e. The molecule has 69 heavy (non-hydrogen) atoms. The highest BCUT2D eigenvalue weighted by molar-refractivity contribution is 7.79. The highest BCUT2D eigenvalue weighted by Gasteiger charge is 2.37. The van der Waals surface area contributed by atoms with E-state index < -0.39 is 46.1 Å². The number of fused-ring (bicyclic) bond motifs is 1. The van der Waals surface area contributed by atoms with Crippen molar-refractivity contribution in [3.8, 4) is 0 Å². The molecule has 1 aliphatic carbocycles. The van der Waals surface area contributed by atoms with Crippen molar-refractivity contribution in [1.82, 2.24) is 30.9 Å². The Bertz CT molecular complexity index is 2300. The van der Waals surface area contributed by atoms with Crippen LogP contribution < -0.4 is 21.4 Å². The summed E-state index contributed by atoms with van der Waals surface area (Å²) in [6.07, 6.45) is 7.39. The number of nitrogens with zero attached hydrogens (tertiary/aromatic N) is 3. The molecule has 2 aliphatic rings. The number of hydrogen-bond donors (Lipinski definition) is 9. The van der Waals surface area contributed by atoms with Crippen LogP contribution >= 0.6 is 0 Å². The van der Waals surface area contributed by atoms with E-state index in [4.69, 9.17) is 22.7 Å². The molecule has 0 saturated carbocycles. The Morgan fingerprint density at radius 1 is 0.812 bits per heavy atom. The quantitative estimate of drug-likeness (QED) is 0.0267. The summed E-state index contributed by atoms with van der Waals surface area (Å²) in [5, 5.41) is 39.6. The SMILES string of the molecule is CC(C)(C)NC(=O)[C@@H]1CN(Cc2cccnc2)CCN1C[C@@H](O)C[C@@H](Cc1ccccc1)C(=O)N[C@H]1c2ccccc2C[C@H]1O.O=C(CCCCCCC(=O)Nc1ccccc1)NO.O=S(=O)(O)O. The second kappa shape index (κ2) is 28.1. The Morgan fingerprint density at radius 3 is 2.04 bits per heavy atom. The summed E-state index contributed by atoms with van der Waals surface area (Å²) < 4.78 is 31.6. The molecular formula is C50H69N7O11S. The van der Waals surface area contributed by atoms with Crippen LogP contribution in [0.25, 0.3) is 0 Å². The van der Waals surface area contributed by atoms with Crippen molar-refractivity contribution >= 4 is 39.7 Å². The lowest BCUT2D eigenvalue weighted by atomic mass is 9.91. The van der Waals surface area contributed by atoms with Gasteiger partial charge in [-0.3, -0.25) is 48.3 Å². The number of aliphatic hydroxyl groups is 2. The number of anilines is 1. The lowest BCUT2D eigenvalue weighted by molar-refractivity contribution is -0.132. The highest BCUT2D eigenvalue weighted by atomic mass is 32.3. The van der Waals surface area contributed by atoms with Gasteiger partial charge < -0.3 is 26.2 Å². The second-order valence-corrected chi connectivity index (χ2v) is 19.3. The number of aliphatic hydroxyl groups excluding tert-OH is 2. The van der Waals surface area contributed by atoms with Gasteiger partial charge in [0.2, 0.25) is 23.6 Å². The third-order valence-electron chi connectivity index (χ3n) is 11.4. The van der Waals surface area contributed by atoms with Gasteiger partial charge in [-0.05, 0) is 86.9 Å². The third kappa shape index (κ3) is 21.7. The first-order valence-corrected chi connectivity index (χ1v) is 24.6. The first-order valence-electron chi connectivity index (χ1n) is 23.2. The molecule has 3 aromatic carbocycles. The van der Waals surface area contributed by atoms with Crippen molar-refractivity contribution in [2.75, 3.05) is 31.5 Å². The van der Waals surface area contributed by atoms with Crippen LogP contribution in [0.15, 0.2) is 109 Å². The topological polar surface area (TPSA) is 271 Å². The Balaban J connectivity index is 0.000000358. The van der Waals surface area contributed by atoms with Gasteiger partial charge in [0.15, 0.2) is 0 Å². The number of benzene rings is 3. The van der Waals surface area contributed by atoms with Gasteiger partial charge in [-0.2, -0.15) is 8.42 Å². The molecule has 9 N–H and O–H groups in total. The third-order valence-corrected chi connectivity index (χ3v) is 11.4. The zero-order chi connectivity index (χ0) is 50.4. The average Bonchev–Trinajstić information content (AvgIpc) is 3.61. The Kier molecular flexibility index (Phi) is 22.8. The number of hydroxylamine groups is 1. The minimum absolute atomic E-state index is 0.0132. The number of amides is 4. The maximum Gasteiger partial charge on any atom is 0.394 e. The van der Waals surface area contributed by atoms with Crippen LogP contribution in [-0.4, -0.2) is 121 Å². The molecule has 2 heterocycles. The molecule has 0 radical (unpaired) electrons. The molecule has 376 valence electrons. The molecule has 1 aliphatic heterocycles. The molecular weight excluding hydrogens is 907 g/mol. The maximum absolute atomic E-state index is 13.8. The summed E-state index contributed by atoms with van der Waals surface area (Å²) in [6, 6.07) is 30.0. The van der Waals surface area contributed by atoms with E-state index in [1.807, 2.05) is 124 Å². The van der Waals surface area contributed by atoms with E-state index in [9.17, 15) is 29.4 Å². The first kappa shape index (κ1) is 56.0. The fourth-order valence-corrected chi connectivity index (χ4v) is 8.29. The van der Waals surface area contributed by atoms with Crippen LogP contribution in [0.5, 0.6) is 0 Å². The van der Waals surface area contributed by atoms with Gasteiger partial charge in [-0.1, -0.05) is 91.7 Å². The lowest BCUT2D eigenvalue weighted by Gasteiger charge is -2.42. The monoisotopic (exact) mass is 975 g/mol. The van der Waals surface area contributed by atoms with Gasteiger partial charge in [0, 0.05) is 81.5 Å². The zero-order valence-electron chi connectivity index (χ0n) is 39.6. The molecule has 4 amide bonds. The van der Waals surface area contributed by atoms with E-state index in [2.05, 4.69) is 30.7 Å². The van der Waals surface area contributed by atoms with Gasteiger partial charge in [0.05, 0.1) is 18.2 Å². The summed E-state index contributed by atoms with van der Waals surface area (Å²) in [5.74, 6) is -1.13. The van der Waals surface area contributed by atoms with Crippen molar-refractivity contribution in [3.05, 3.63) is 132 Å². The van der Waals surface area contributed by atoms with Crippen molar-refractivity contribution in [1.29, 1.82) is 0 Å². The summed E-state index contributed by atoms with van der Waals surface area (Å²) in [6.45, 7) is 8.74. The number of piperazine rings is 1. The van der Waals surface area contributed by atoms with Crippen molar-refractivity contribution in [3.63, 3.8) is 0 Å². The smallest absolute Gasteiger partial charge is 0.392 e. The molecule has 1 fully saturated rings. The predicted molar refractivity (Wildman–Crippen MR) is 261 cm³/mol. The van der Waals surface area contributed by atoms with Crippen LogP contribution in [-0.2, 0) is 49.0 Å². The zero-order valence-corrected chi connectivity index (χ0v) is 40.4. The molecule has 5 atom stereocenters. The number of aromatic nitrogens is 1. The maximum atomic E-state index is 13.8. The molecule has 1 saturated heterocycles. The molecule has 1 aromatic heterocycles. The fourth-order valence-electron chi connectivity index (χ4n) is 8.29. The van der Waals surface area contributed by atoms with Crippen molar-refractivity contribution < 1.29 is 52.1 Å². The number of para-hydroxylation sites is 1. The molecule has 0 bridgehead atoms. The number of unbranched alkanes of at least 4 members (excludes halogenated alkanes) is 3. The van der Waals surface area contributed by atoms with E-state index in [0.29, 0.717) is 45.3 Å². The van der Waals surface area contributed by atoms with Crippen LogP contribution in [0, 0.1) is 5.92 Å². The first-order chi connectivity index (χ1) is 32.8. The van der Waals surface area contributed by atoms with E-state index in [-0.39, 0.29) is 36.6 Å². The number of pyridine rings is 1. The molecule has 4 aromatic rings. The number of hydrogen-bond acceptors (Lipinski definition) is 12. The molecule has 0 unspecified atom stereocenters. The minimum atomic E-state index is -4.67. The number of rotatable bonds is 19. The Labute approximate surface area is 405 Å². The van der Waals surface area contributed by atoms with Crippen molar-refractivity contribution in [2.45, 2.75) is 115 Å². The second-order valence-electron chi connectivity index (χ2n) is 18.4. The summed E-state index contributed by atoms with van der Waals surface area (Å²) >= 11 is 0. The normalized spacial score (nSPS) is 17.9. The molecule has 19 heteroatoms. The molecule has 6 rings (SSSR count).